The van der Waals surface area contributed by atoms with E-state index < -0.39 is 0 Å². The van der Waals surface area contributed by atoms with Gasteiger partial charge in [0, 0.05) is 0 Å². The second kappa shape index (κ2) is 6.73. The van der Waals surface area contributed by atoms with Crippen molar-refractivity contribution in [2.45, 2.75) is 19.8 Å². The van der Waals surface area contributed by atoms with Crippen LogP contribution in [0.5, 0.6) is 5.75 Å². The second-order valence-electron chi connectivity index (χ2n) is 4.21. The third-order valence-corrected chi connectivity index (χ3v) is 3.95. The van der Waals surface area contributed by atoms with Crippen LogP contribution in [0.4, 0.5) is 0 Å². The monoisotopic (exact) mass is 294 g/mol. The number of rotatable bonds is 6. The van der Waals surface area contributed by atoms with Crippen LogP contribution in [0.15, 0.2) is 36.4 Å². The SMILES string of the molecule is CCCc1ccc(OCC(=O)c2ccc(Cl)s2)cc1. The van der Waals surface area contributed by atoms with Gasteiger partial charge in [-0.05, 0) is 36.2 Å². The first kappa shape index (κ1) is 14.1. The standard InChI is InChI=1S/C15H15ClO2S/c1-2-3-11-4-6-12(7-5-11)18-10-13(17)14-8-9-15(16)19-14/h4-9H,2-3,10H2,1H3. The number of halogens is 1. The fourth-order valence-electron chi connectivity index (χ4n) is 1.73. The van der Waals surface area contributed by atoms with Gasteiger partial charge in [-0.15, -0.1) is 11.3 Å². The van der Waals surface area contributed by atoms with Crippen LogP contribution in [0.2, 0.25) is 4.34 Å². The highest BCUT2D eigenvalue weighted by atomic mass is 35.5. The van der Waals surface area contributed by atoms with Gasteiger partial charge in [0.1, 0.15) is 5.75 Å². The summed E-state index contributed by atoms with van der Waals surface area (Å²) in [5.74, 6) is 0.672. The molecule has 0 bridgehead atoms. The highest BCUT2D eigenvalue weighted by Gasteiger charge is 2.09. The molecule has 0 aliphatic rings. The van der Waals surface area contributed by atoms with Gasteiger partial charge in [-0.2, -0.15) is 0 Å². The van der Waals surface area contributed by atoms with E-state index in [1.165, 1.54) is 16.9 Å². The first-order valence-electron chi connectivity index (χ1n) is 6.19. The minimum atomic E-state index is -0.0467. The number of carbonyl (C=O) groups excluding carboxylic acids is 1. The van der Waals surface area contributed by atoms with Crippen molar-refractivity contribution in [3.05, 3.63) is 51.2 Å². The molecule has 1 aromatic carbocycles. The zero-order valence-corrected chi connectivity index (χ0v) is 12.3. The van der Waals surface area contributed by atoms with E-state index in [-0.39, 0.29) is 12.4 Å². The van der Waals surface area contributed by atoms with Crippen LogP contribution < -0.4 is 4.74 Å². The molecule has 19 heavy (non-hydrogen) atoms. The summed E-state index contributed by atoms with van der Waals surface area (Å²) in [6.45, 7) is 2.19. The zero-order chi connectivity index (χ0) is 13.7. The fraction of sp³-hybridized carbons (Fsp3) is 0.267. The lowest BCUT2D eigenvalue weighted by Gasteiger charge is -2.05. The molecule has 0 unspecified atom stereocenters. The van der Waals surface area contributed by atoms with Crippen LogP contribution in [0.3, 0.4) is 0 Å². The molecule has 1 heterocycles. The second-order valence-corrected chi connectivity index (χ2v) is 5.92. The van der Waals surface area contributed by atoms with Gasteiger partial charge >= 0.3 is 0 Å². The lowest BCUT2D eigenvalue weighted by atomic mass is 10.1. The Balaban J connectivity index is 1.89. The number of ether oxygens (including phenoxy) is 1. The number of benzene rings is 1. The van der Waals surface area contributed by atoms with E-state index in [1.54, 1.807) is 12.1 Å². The number of hydrogen-bond acceptors (Lipinski definition) is 3. The van der Waals surface area contributed by atoms with Crippen molar-refractivity contribution in [2.24, 2.45) is 0 Å². The van der Waals surface area contributed by atoms with Crippen LogP contribution in [0.25, 0.3) is 0 Å². The van der Waals surface area contributed by atoms with Gasteiger partial charge in [0.15, 0.2) is 6.61 Å². The van der Waals surface area contributed by atoms with E-state index in [1.807, 2.05) is 24.3 Å². The van der Waals surface area contributed by atoms with Crippen LogP contribution in [0.1, 0.15) is 28.6 Å². The Bertz CT molecular complexity index is 546. The Morgan fingerprint density at radius 3 is 2.53 bits per heavy atom. The molecule has 0 spiro atoms. The van der Waals surface area contributed by atoms with Crippen molar-refractivity contribution in [2.75, 3.05) is 6.61 Å². The topological polar surface area (TPSA) is 26.3 Å². The fourth-order valence-corrected chi connectivity index (χ4v) is 2.69. The van der Waals surface area contributed by atoms with Crippen LogP contribution in [0, 0.1) is 0 Å². The van der Waals surface area contributed by atoms with Crippen LogP contribution >= 0.6 is 22.9 Å². The molecule has 4 heteroatoms. The molecule has 100 valence electrons. The molecule has 0 amide bonds. The number of thiophene rings is 1. The Kier molecular flexibility index (Phi) is 5.00. The third-order valence-electron chi connectivity index (χ3n) is 2.68. The zero-order valence-electron chi connectivity index (χ0n) is 10.7. The highest BCUT2D eigenvalue weighted by molar-refractivity contribution is 7.18. The Hall–Kier alpha value is -1.32. The molecule has 2 aromatic rings. The number of carbonyl (C=O) groups is 1. The Labute approximate surface area is 122 Å². The average Bonchev–Trinajstić information content (AvgIpc) is 2.85. The van der Waals surface area contributed by atoms with E-state index in [4.69, 9.17) is 16.3 Å². The van der Waals surface area contributed by atoms with Gasteiger partial charge in [0.2, 0.25) is 5.78 Å². The minimum Gasteiger partial charge on any atom is -0.485 e. The number of Topliss-reactive ketones (excluding diaryl/α,β-unsaturated/α-hetero) is 1. The van der Waals surface area contributed by atoms with E-state index in [0.717, 1.165) is 18.6 Å². The van der Waals surface area contributed by atoms with Crippen molar-refractivity contribution < 1.29 is 9.53 Å². The van der Waals surface area contributed by atoms with E-state index >= 15 is 0 Å². The Morgan fingerprint density at radius 2 is 1.95 bits per heavy atom. The molecule has 0 atom stereocenters. The van der Waals surface area contributed by atoms with Crippen molar-refractivity contribution in [3.63, 3.8) is 0 Å². The van der Waals surface area contributed by atoms with E-state index in [9.17, 15) is 4.79 Å². The van der Waals surface area contributed by atoms with Crippen molar-refractivity contribution in [1.29, 1.82) is 0 Å². The maximum absolute atomic E-state index is 11.8. The average molecular weight is 295 g/mol. The molecule has 0 N–H and O–H groups in total. The first-order chi connectivity index (χ1) is 9.19. The smallest absolute Gasteiger partial charge is 0.210 e. The quantitative estimate of drug-likeness (QED) is 0.727. The van der Waals surface area contributed by atoms with Gasteiger partial charge in [0.25, 0.3) is 0 Å². The van der Waals surface area contributed by atoms with Gasteiger partial charge < -0.3 is 4.74 Å². The summed E-state index contributed by atoms with van der Waals surface area (Å²) in [7, 11) is 0. The molecule has 0 aliphatic heterocycles. The van der Waals surface area contributed by atoms with E-state index in [2.05, 4.69) is 6.92 Å². The van der Waals surface area contributed by atoms with Gasteiger partial charge in [-0.1, -0.05) is 37.1 Å². The predicted molar refractivity (Wildman–Crippen MR) is 79.6 cm³/mol. The molecule has 0 aliphatic carbocycles. The summed E-state index contributed by atoms with van der Waals surface area (Å²) in [4.78, 5) is 12.5. The largest absolute Gasteiger partial charge is 0.485 e. The summed E-state index contributed by atoms with van der Waals surface area (Å²) in [5.41, 5.74) is 1.28. The summed E-state index contributed by atoms with van der Waals surface area (Å²) in [5, 5.41) is 0. The Morgan fingerprint density at radius 1 is 1.21 bits per heavy atom. The van der Waals surface area contributed by atoms with Crippen molar-refractivity contribution in [1.82, 2.24) is 0 Å². The predicted octanol–water partition coefficient (Wildman–Crippen LogP) is 4.62. The van der Waals surface area contributed by atoms with Gasteiger partial charge in [-0.3, -0.25) is 4.79 Å². The normalized spacial score (nSPS) is 10.4. The maximum atomic E-state index is 11.8. The highest BCUT2D eigenvalue weighted by Crippen LogP contribution is 2.22. The van der Waals surface area contributed by atoms with Crippen LogP contribution in [-0.2, 0) is 6.42 Å². The van der Waals surface area contributed by atoms with Crippen molar-refractivity contribution in [3.8, 4) is 5.75 Å². The molecule has 0 saturated carbocycles. The summed E-state index contributed by atoms with van der Waals surface area (Å²) in [6, 6.07) is 11.3. The summed E-state index contributed by atoms with van der Waals surface area (Å²) in [6.07, 6.45) is 2.19. The summed E-state index contributed by atoms with van der Waals surface area (Å²) >= 11 is 7.07. The molecule has 1 aromatic heterocycles. The third kappa shape index (κ3) is 4.08. The lowest BCUT2D eigenvalue weighted by Crippen LogP contribution is -2.09. The molecular formula is C15H15ClO2S. The van der Waals surface area contributed by atoms with Crippen molar-refractivity contribution >= 4 is 28.7 Å². The number of ketones is 1. The molecule has 0 saturated heterocycles. The van der Waals surface area contributed by atoms with Gasteiger partial charge in [-0.25, -0.2) is 0 Å². The lowest BCUT2D eigenvalue weighted by molar-refractivity contribution is 0.0925. The maximum Gasteiger partial charge on any atom is 0.210 e. The molecule has 2 rings (SSSR count). The van der Waals surface area contributed by atoms with E-state index in [0.29, 0.717) is 9.21 Å². The minimum absolute atomic E-state index is 0.0456. The molecule has 0 fully saturated rings. The molecular weight excluding hydrogens is 280 g/mol. The van der Waals surface area contributed by atoms with Gasteiger partial charge in [0.05, 0.1) is 9.21 Å². The summed E-state index contributed by atoms with van der Waals surface area (Å²) < 4.78 is 6.10. The first-order valence-corrected chi connectivity index (χ1v) is 7.38. The molecule has 0 radical (unpaired) electrons. The number of aryl methyl sites for hydroxylation is 1. The number of hydrogen-bond donors (Lipinski definition) is 0. The van der Waals surface area contributed by atoms with Crippen LogP contribution in [-0.4, -0.2) is 12.4 Å². The molecule has 2 nitrogen and oxygen atoms in total.